The van der Waals surface area contributed by atoms with Crippen molar-refractivity contribution in [1.29, 1.82) is 0 Å². The van der Waals surface area contributed by atoms with Gasteiger partial charge in [0.25, 0.3) is 5.91 Å². The molecule has 2 aliphatic carbocycles. The van der Waals surface area contributed by atoms with Crippen molar-refractivity contribution in [3.63, 3.8) is 0 Å². The highest BCUT2D eigenvalue weighted by Crippen LogP contribution is 2.38. The van der Waals surface area contributed by atoms with Crippen molar-refractivity contribution in [1.82, 2.24) is 5.32 Å². The van der Waals surface area contributed by atoms with Crippen molar-refractivity contribution in [2.75, 3.05) is 11.9 Å². The number of nitrogens with two attached hydrogens (primary N) is 1. The molecule has 2 fully saturated rings. The van der Waals surface area contributed by atoms with Crippen LogP contribution in [0.4, 0.5) is 5.69 Å². The molecule has 126 valence electrons. The predicted molar refractivity (Wildman–Crippen MR) is 92.6 cm³/mol. The maximum Gasteiger partial charge on any atom is 0.251 e. The van der Waals surface area contributed by atoms with Crippen LogP contribution in [-0.4, -0.2) is 24.4 Å². The average Bonchev–Trinajstić information content (AvgIpc) is 3.39. The van der Waals surface area contributed by atoms with Gasteiger partial charge in [0.1, 0.15) is 0 Å². The lowest BCUT2D eigenvalue weighted by molar-refractivity contribution is -0.117. The summed E-state index contributed by atoms with van der Waals surface area (Å²) >= 11 is 0. The first-order valence-corrected chi connectivity index (χ1v) is 7.99. The lowest BCUT2D eigenvalue weighted by Gasteiger charge is -2.12. The molecule has 2 aliphatic rings. The maximum absolute atomic E-state index is 12.1. The van der Waals surface area contributed by atoms with Crippen molar-refractivity contribution < 1.29 is 9.59 Å². The second-order valence-corrected chi connectivity index (χ2v) is 6.60. The molecule has 4 N–H and O–H groups in total. The third kappa shape index (κ3) is 4.69. The van der Waals surface area contributed by atoms with E-state index in [0.717, 1.165) is 19.3 Å². The Morgan fingerprint density at radius 3 is 2.65 bits per heavy atom. The summed E-state index contributed by atoms with van der Waals surface area (Å²) in [5.41, 5.74) is 7.20. The minimum Gasteiger partial charge on any atom is -0.350 e. The summed E-state index contributed by atoms with van der Waals surface area (Å²) in [6.45, 7) is 2.57. The van der Waals surface area contributed by atoms with Gasteiger partial charge in [0, 0.05) is 29.8 Å². The van der Waals surface area contributed by atoms with Crippen LogP contribution < -0.4 is 16.4 Å². The number of rotatable bonds is 6. The van der Waals surface area contributed by atoms with Gasteiger partial charge < -0.3 is 16.4 Å². The fourth-order valence-electron chi connectivity index (χ4n) is 2.66. The van der Waals surface area contributed by atoms with E-state index in [1.54, 1.807) is 24.3 Å². The molecule has 3 atom stereocenters. The van der Waals surface area contributed by atoms with Crippen LogP contribution in [0.15, 0.2) is 24.3 Å². The van der Waals surface area contributed by atoms with Crippen molar-refractivity contribution in [3.05, 3.63) is 29.8 Å². The average molecular weight is 338 g/mol. The van der Waals surface area contributed by atoms with E-state index >= 15 is 0 Å². The summed E-state index contributed by atoms with van der Waals surface area (Å²) in [5.74, 6) is 1.05. The number of anilines is 1. The number of carbonyl (C=O) groups excluding carboxylic acids is 2. The molecule has 2 saturated carbocycles. The number of hydrogen-bond donors (Lipinski definition) is 3. The Morgan fingerprint density at radius 1 is 1.35 bits per heavy atom. The van der Waals surface area contributed by atoms with Gasteiger partial charge in [-0.3, -0.25) is 9.59 Å². The highest BCUT2D eigenvalue weighted by Gasteiger charge is 2.39. The molecule has 1 aromatic carbocycles. The van der Waals surface area contributed by atoms with Crippen LogP contribution >= 0.6 is 12.4 Å². The summed E-state index contributed by atoms with van der Waals surface area (Å²) in [7, 11) is 0. The molecular formula is C17H24ClN3O2. The Bertz CT molecular complexity index is 589. The Hall–Kier alpha value is -1.59. The van der Waals surface area contributed by atoms with Crippen LogP contribution in [0, 0.1) is 17.8 Å². The van der Waals surface area contributed by atoms with E-state index in [0.29, 0.717) is 29.6 Å². The number of carbonyl (C=O) groups is 2. The van der Waals surface area contributed by atoms with Crippen molar-refractivity contribution >= 4 is 29.9 Å². The zero-order valence-corrected chi connectivity index (χ0v) is 14.1. The molecule has 0 aliphatic heterocycles. The first-order chi connectivity index (χ1) is 10.5. The van der Waals surface area contributed by atoms with Gasteiger partial charge in [0.15, 0.2) is 0 Å². The van der Waals surface area contributed by atoms with E-state index in [9.17, 15) is 9.59 Å². The van der Waals surface area contributed by atoms with Crippen molar-refractivity contribution in [2.45, 2.75) is 32.2 Å². The van der Waals surface area contributed by atoms with Crippen LogP contribution in [0.2, 0.25) is 0 Å². The monoisotopic (exact) mass is 337 g/mol. The fourth-order valence-corrected chi connectivity index (χ4v) is 2.66. The van der Waals surface area contributed by atoms with E-state index in [-0.39, 0.29) is 36.2 Å². The summed E-state index contributed by atoms with van der Waals surface area (Å²) in [6, 6.07) is 7.08. The van der Waals surface area contributed by atoms with E-state index in [1.165, 1.54) is 0 Å². The quantitative estimate of drug-likeness (QED) is 0.743. The van der Waals surface area contributed by atoms with Crippen LogP contribution in [0.5, 0.6) is 0 Å². The van der Waals surface area contributed by atoms with E-state index < -0.39 is 0 Å². The Morgan fingerprint density at radius 2 is 2.04 bits per heavy atom. The summed E-state index contributed by atoms with van der Waals surface area (Å²) in [4.78, 5) is 24.1. The summed E-state index contributed by atoms with van der Waals surface area (Å²) < 4.78 is 0. The highest BCUT2D eigenvalue weighted by atomic mass is 35.5. The minimum atomic E-state index is -0.146. The molecule has 0 aromatic heterocycles. The molecule has 1 aromatic rings. The van der Waals surface area contributed by atoms with Crippen LogP contribution in [0.3, 0.4) is 0 Å². The smallest absolute Gasteiger partial charge is 0.251 e. The van der Waals surface area contributed by atoms with Crippen LogP contribution in [-0.2, 0) is 4.79 Å². The molecule has 0 heterocycles. The largest absolute Gasteiger partial charge is 0.350 e. The van der Waals surface area contributed by atoms with E-state index in [1.807, 2.05) is 0 Å². The number of hydrogen-bond acceptors (Lipinski definition) is 3. The molecule has 0 bridgehead atoms. The van der Waals surface area contributed by atoms with E-state index in [2.05, 4.69) is 17.6 Å². The molecule has 2 amide bonds. The Balaban J connectivity index is 0.00000192. The number of amides is 2. The predicted octanol–water partition coefficient (Wildman–Crippen LogP) is 2.17. The normalized spacial score (nSPS) is 23.4. The van der Waals surface area contributed by atoms with Gasteiger partial charge in [-0.15, -0.1) is 12.4 Å². The van der Waals surface area contributed by atoms with Gasteiger partial charge in [0.05, 0.1) is 0 Å². The summed E-state index contributed by atoms with van der Waals surface area (Å²) in [5, 5.41) is 5.75. The van der Waals surface area contributed by atoms with Crippen LogP contribution in [0.1, 0.15) is 36.5 Å². The third-order valence-corrected chi connectivity index (χ3v) is 4.56. The first-order valence-electron chi connectivity index (χ1n) is 7.99. The second kappa shape index (κ2) is 7.32. The number of nitrogens with one attached hydrogen (secondary N) is 2. The molecule has 0 spiro atoms. The topological polar surface area (TPSA) is 84.2 Å². The zero-order valence-electron chi connectivity index (χ0n) is 13.2. The standard InChI is InChI=1S/C17H23N3O2.ClH/c1-10-7-14(10)17(22)20-13-4-2-3-12(8-13)16(21)19-9-15(18)11-5-6-11;/h2-4,8,10-11,14-15H,5-7,9,18H2,1H3,(H,19,21)(H,20,22);1H. The molecule has 23 heavy (non-hydrogen) atoms. The van der Waals surface area contributed by atoms with Gasteiger partial charge in [-0.1, -0.05) is 13.0 Å². The second-order valence-electron chi connectivity index (χ2n) is 6.60. The first kappa shape index (κ1) is 17.8. The molecule has 5 nitrogen and oxygen atoms in total. The number of benzene rings is 1. The number of halogens is 1. The molecule has 3 rings (SSSR count). The lowest BCUT2D eigenvalue weighted by Crippen LogP contribution is -2.38. The molecular weight excluding hydrogens is 314 g/mol. The van der Waals surface area contributed by atoms with Crippen LogP contribution in [0.25, 0.3) is 0 Å². The minimum absolute atomic E-state index is 0. The van der Waals surface area contributed by atoms with Gasteiger partial charge >= 0.3 is 0 Å². The van der Waals surface area contributed by atoms with E-state index in [4.69, 9.17) is 5.73 Å². The van der Waals surface area contributed by atoms with Crippen molar-refractivity contribution in [2.24, 2.45) is 23.5 Å². The molecule has 0 saturated heterocycles. The van der Waals surface area contributed by atoms with Gasteiger partial charge in [-0.2, -0.15) is 0 Å². The van der Waals surface area contributed by atoms with Gasteiger partial charge in [0.2, 0.25) is 5.91 Å². The van der Waals surface area contributed by atoms with Gasteiger partial charge in [-0.05, 0) is 49.3 Å². The molecule has 3 unspecified atom stereocenters. The van der Waals surface area contributed by atoms with Crippen molar-refractivity contribution in [3.8, 4) is 0 Å². The molecule has 6 heteroatoms. The molecule has 0 radical (unpaired) electrons. The maximum atomic E-state index is 12.1. The Kier molecular flexibility index (Phi) is 5.65. The van der Waals surface area contributed by atoms with Gasteiger partial charge in [-0.25, -0.2) is 0 Å². The summed E-state index contributed by atoms with van der Waals surface area (Å²) in [6.07, 6.45) is 3.28. The lowest BCUT2D eigenvalue weighted by atomic mass is 10.1. The SMILES string of the molecule is CC1CC1C(=O)Nc1cccc(C(=O)NCC(N)C2CC2)c1.Cl. The highest BCUT2D eigenvalue weighted by molar-refractivity contribution is 5.98. The fraction of sp³-hybridized carbons (Fsp3) is 0.529. The zero-order chi connectivity index (χ0) is 15.7. The Labute approximate surface area is 142 Å². The third-order valence-electron chi connectivity index (χ3n) is 4.56.